The molecule has 0 nitrogen and oxygen atoms in total. The van der Waals surface area contributed by atoms with E-state index in [-0.39, 0.29) is 0 Å². The average molecular weight is 749 g/mol. The number of hydrogen-bond donors (Lipinski definition) is 0. The highest BCUT2D eigenvalue weighted by Crippen LogP contribution is 2.44. The van der Waals surface area contributed by atoms with Gasteiger partial charge in [-0.3, -0.25) is 0 Å². The van der Waals surface area contributed by atoms with Crippen molar-refractivity contribution in [2.75, 3.05) is 0 Å². The van der Waals surface area contributed by atoms with E-state index in [4.69, 9.17) is 0 Å². The monoisotopic (exact) mass is 748 g/mol. The fourth-order valence-corrected chi connectivity index (χ4v) is 10.3. The summed E-state index contributed by atoms with van der Waals surface area (Å²) in [4.78, 5) is 0. The van der Waals surface area contributed by atoms with Crippen LogP contribution in [0.15, 0.2) is 169 Å². The fourth-order valence-electron chi connectivity index (χ4n) is 7.74. The summed E-state index contributed by atoms with van der Waals surface area (Å²) in [5.41, 5.74) is 7.98. The summed E-state index contributed by atoms with van der Waals surface area (Å²) in [5.74, 6) is 0. The van der Waals surface area contributed by atoms with Crippen LogP contribution >= 0.6 is 22.7 Å². The van der Waals surface area contributed by atoms with Gasteiger partial charge in [0.1, 0.15) is 0 Å². The fraction of sp³-hybridized carbons (Fsp3) is 0.132. The van der Waals surface area contributed by atoms with Crippen molar-refractivity contribution in [3.63, 3.8) is 0 Å². The van der Waals surface area contributed by atoms with Gasteiger partial charge >= 0.3 is 0 Å². The van der Waals surface area contributed by atoms with E-state index in [1.165, 1.54) is 78.5 Å². The molecule has 0 aliphatic rings. The van der Waals surface area contributed by atoms with Gasteiger partial charge in [-0.05, 0) is 112 Å². The Hall–Kier alpha value is -5.54. The maximum Gasteiger partial charge on any atom is 0.0540 e. The summed E-state index contributed by atoms with van der Waals surface area (Å²) in [6, 6.07) is 39.5. The third-order valence-electron chi connectivity index (χ3n) is 10.5. The summed E-state index contributed by atoms with van der Waals surface area (Å²) < 4.78 is 5.47. The molecule has 0 aliphatic heterocycles. The molecule has 0 saturated heterocycles. The maximum atomic E-state index is 4.59. The Morgan fingerprint density at radius 3 is 1.87 bits per heavy atom. The van der Waals surface area contributed by atoms with Crippen LogP contribution in [0.4, 0.5) is 0 Å². The van der Waals surface area contributed by atoms with Crippen molar-refractivity contribution < 1.29 is 0 Å². The molecule has 0 saturated carbocycles. The van der Waals surface area contributed by atoms with E-state index in [2.05, 4.69) is 187 Å². The van der Waals surface area contributed by atoms with Crippen molar-refractivity contribution in [3.8, 4) is 0 Å². The molecule has 55 heavy (non-hydrogen) atoms. The molecule has 2 heterocycles. The smallest absolute Gasteiger partial charge is 0.0540 e. The molecule has 0 atom stereocenters. The molecule has 0 spiro atoms. The van der Waals surface area contributed by atoms with Crippen molar-refractivity contribution in [1.82, 2.24) is 0 Å². The summed E-state index contributed by atoms with van der Waals surface area (Å²) in [5, 5.41) is 10.5. The normalized spacial score (nSPS) is 13.6. The molecule has 0 aliphatic carbocycles. The Kier molecular flexibility index (Phi) is 11.6. The van der Waals surface area contributed by atoms with Crippen molar-refractivity contribution in [3.05, 3.63) is 190 Å². The average Bonchev–Trinajstić information content (AvgIpc) is 3.79. The van der Waals surface area contributed by atoms with E-state index >= 15 is 0 Å². The molecule has 0 N–H and O–H groups in total. The van der Waals surface area contributed by atoms with Crippen molar-refractivity contribution >= 4 is 97.8 Å². The van der Waals surface area contributed by atoms with Gasteiger partial charge in [-0.1, -0.05) is 166 Å². The number of fused-ring (bicyclic) bond motifs is 9. The lowest BCUT2D eigenvalue weighted by Crippen LogP contribution is -2.18. The van der Waals surface area contributed by atoms with Crippen LogP contribution in [0, 0.1) is 0 Å². The first-order valence-corrected chi connectivity index (χ1v) is 20.8. The molecule has 2 aromatic heterocycles. The third kappa shape index (κ3) is 7.45. The summed E-state index contributed by atoms with van der Waals surface area (Å²) in [6.07, 6.45) is 17.4. The van der Waals surface area contributed by atoms with Crippen LogP contribution in [-0.4, -0.2) is 0 Å². The standard InChI is InChI=1S/C53H48S2/c1-8-22-35(5)39(10-3)34-37(7)41-24-15-13-12-14-23-40(42-25-16-17-26-43(41)42)36(6)33-38(9-2)31-32-47-48(11-4)54-52-51(47)45-28-19-18-27-44(45)50-46-29-20-21-30-49(46)55-53(50)52/h8-9,11-30,32-34H,5,7,10,31H2,1-4,6H3/b13-12?,14-12?,15-13?,22-8-,23-14?,24-15?,36-33+,38-9-,39-34-,40-23?,41-24?,42-40?,43-41?,47-32+,48-11+. The Bertz CT molecular complexity index is 2950. The molecule has 0 amide bonds. The Morgan fingerprint density at radius 2 is 1.22 bits per heavy atom. The second-order valence-corrected chi connectivity index (χ2v) is 16.0. The van der Waals surface area contributed by atoms with Crippen molar-refractivity contribution in [1.29, 1.82) is 0 Å². The van der Waals surface area contributed by atoms with E-state index in [0.29, 0.717) is 0 Å². The van der Waals surface area contributed by atoms with Gasteiger partial charge in [0.15, 0.2) is 0 Å². The molecule has 2 heteroatoms. The minimum absolute atomic E-state index is 0.829. The lowest BCUT2D eigenvalue weighted by atomic mass is 9.93. The van der Waals surface area contributed by atoms with Gasteiger partial charge in [0.25, 0.3) is 0 Å². The highest BCUT2D eigenvalue weighted by molar-refractivity contribution is 7.31. The predicted molar refractivity (Wildman–Crippen MR) is 251 cm³/mol. The lowest BCUT2D eigenvalue weighted by Gasteiger charge is -2.11. The number of hydrogen-bond acceptors (Lipinski definition) is 2. The molecule has 7 rings (SSSR count). The minimum atomic E-state index is 0.829. The third-order valence-corrected chi connectivity index (χ3v) is 13.1. The first kappa shape index (κ1) is 37.8. The zero-order valence-corrected chi connectivity index (χ0v) is 34.2. The molecular weight excluding hydrogens is 701 g/mol. The molecule has 0 fully saturated rings. The SMILES string of the molecule is C=C(/C=C\C)/C(=C\C(=C)c1ccccccc(/C(C)=C/C(=C\C)C/C=c2\c(=C/C)sc3c4sc5ccccc5c4c4ccccc4c23)c2ccccc12)CC. The van der Waals surface area contributed by atoms with Crippen LogP contribution in [0.5, 0.6) is 0 Å². The topological polar surface area (TPSA) is 0 Å². The van der Waals surface area contributed by atoms with Gasteiger partial charge in [0.2, 0.25) is 0 Å². The van der Waals surface area contributed by atoms with E-state index in [1.807, 2.05) is 35.7 Å². The minimum Gasteiger partial charge on any atom is -0.134 e. The summed E-state index contributed by atoms with van der Waals surface area (Å²) >= 11 is 3.86. The predicted octanol–water partition coefficient (Wildman–Crippen LogP) is 15.2. The van der Waals surface area contributed by atoms with Crippen LogP contribution in [0.2, 0.25) is 0 Å². The van der Waals surface area contributed by atoms with E-state index in [1.54, 1.807) is 0 Å². The number of thiophene rings is 2. The van der Waals surface area contributed by atoms with Crippen LogP contribution in [-0.2, 0) is 0 Å². The second-order valence-electron chi connectivity index (χ2n) is 13.9. The lowest BCUT2D eigenvalue weighted by molar-refractivity contribution is 1.13. The highest BCUT2D eigenvalue weighted by Gasteiger charge is 2.17. The molecular formula is C53H48S2. The summed E-state index contributed by atoms with van der Waals surface area (Å²) in [6.45, 7) is 19.7. The quantitative estimate of drug-likeness (QED) is 0.129. The maximum absolute atomic E-state index is 4.59. The number of rotatable bonds is 9. The molecule has 5 aromatic carbocycles. The van der Waals surface area contributed by atoms with Crippen molar-refractivity contribution in [2.24, 2.45) is 0 Å². The summed E-state index contributed by atoms with van der Waals surface area (Å²) in [7, 11) is 0. The van der Waals surface area contributed by atoms with Crippen LogP contribution < -0.4 is 9.75 Å². The largest absolute Gasteiger partial charge is 0.134 e. The van der Waals surface area contributed by atoms with Crippen LogP contribution in [0.25, 0.3) is 75.1 Å². The van der Waals surface area contributed by atoms with Crippen molar-refractivity contribution in [2.45, 2.75) is 47.5 Å². The van der Waals surface area contributed by atoms with Gasteiger partial charge in [-0.25, -0.2) is 0 Å². The first-order valence-electron chi connectivity index (χ1n) is 19.2. The number of allylic oxidation sites excluding steroid dienone is 10. The van der Waals surface area contributed by atoms with E-state index < -0.39 is 0 Å². The molecule has 7 aromatic rings. The van der Waals surface area contributed by atoms with Gasteiger partial charge in [0.05, 0.1) is 9.40 Å². The molecule has 0 unspecified atom stereocenters. The van der Waals surface area contributed by atoms with Gasteiger partial charge in [0, 0.05) is 25.4 Å². The first-order chi connectivity index (χ1) is 26.9. The van der Waals surface area contributed by atoms with Crippen LogP contribution in [0.3, 0.4) is 0 Å². The van der Waals surface area contributed by atoms with Gasteiger partial charge in [-0.2, -0.15) is 0 Å². The molecule has 0 bridgehead atoms. The molecule has 0 radical (unpaired) electrons. The van der Waals surface area contributed by atoms with E-state index in [0.717, 1.165) is 34.9 Å². The van der Waals surface area contributed by atoms with Gasteiger partial charge < -0.3 is 0 Å². The number of benzene rings is 4. The Morgan fingerprint density at radius 1 is 0.636 bits per heavy atom. The Balaban J connectivity index is 1.36. The molecule has 272 valence electrons. The van der Waals surface area contributed by atoms with E-state index in [9.17, 15) is 0 Å². The van der Waals surface area contributed by atoms with Gasteiger partial charge in [-0.15, -0.1) is 22.7 Å². The zero-order valence-electron chi connectivity index (χ0n) is 32.6. The Labute approximate surface area is 333 Å². The van der Waals surface area contributed by atoms with Crippen LogP contribution in [0.1, 0.15) is 58.6 Å². The zero-order chi connectivity index (χ0) is 38.5. The second kappa shape index (κ2) is 16.9. The highest BCUT2D eigenvalue weighted by atomic mass is 32.1.